The largest absolute Gasteiger partial charge is 0.492 e. The SMILES string of the molecule is C[C@@H]1Cc2ccccc2[C@@H](c2ccc(OCCN3CC(CF)C3)cc2)N1CC(F)(F)F. The van der Waals surface area contributed by atoms with Crippen LogP contribution in [0, 0.1) is 5.92 Å². The molecule has 2 heterocycles. The number of benzene rings is 2. The Morgan fingerprint density at radius 3 is 2.42 bits per heavy atom. The van der Waals surface area contributed by atoms with E-state index in [2.05, 4.69) is 4.90 Å². The molecule has 0 amide bonds. The van der Waals surface area contributed by atoms with Crippen LogP contribution in [0.4, 0.5) is 17.6 Å². The van der Waals surface area contributed by atoms with Crippen molar-refractivity contribution in [3.63, 3.8) is 0 Å². The van der Waals surface area contributed by atoms with Crippen LogP contribution in [0.15, 0.2) is 48.5 Å². The fourth-order valence-corrected chi connectivity index (χ4v) is 4.68. The first-order valence-electron chi connectivity index (χ1n) is 10.8. The molecule has 2 aromatic rings. The maximum Gasteiger partial charge on any atom is 0.401 e. The number of likely N-dealkylation sites (tertiary alicyclic amines) is 1. The average Bonchev–Trinajstić information content (AvgIpc) is 2.70. The van der Waals surface area contributed by atoms with Crippen LogP contribution in [-0.2, 0) is 6.42 Å². The van der Waals surface area contributed by atoms with Crippen LogP contribution in [-0.4, -0.2) is 61.5 Å². The Balaban J connectivity index is 1.47. The van der Waals surface area contributed by atoms with E-state index in [0.29, 0.717) is 18.8 Å². The highest BCUT2D eigenvalue weighted by molar-refractivity contribution is 5.42. The molecule has 0 aromatic heterocycles. The quantitative estimate of drug-likeness (QED) is 0.577. The van der Waals surface area contributed by atoms with Gasteiger partial charge in [-0.25, -0.2) is 0 Å². The Kier molecular flexibility index (Phi) is 6.53. The van der Waals surface area contributed by atoms with Gasteiger partial charge in [0.2, 0.25) is 0 Å². The number of fused-ring (bicyclic) bond motifs is 1. The topological polar surface area (TPSA) is 15.7 Å². The molecule has 1 fully saturated rings. The number of ether oxygens (including phenoxy) is 1. The van der Waals surface area contributed by atoms with Crippen molar-refractivity contribution in [2.45, 2.75) is 31.6 Å². The van der Waals surface area contributed by atoms with E-state index in [4.69, 9.17) is 4.74 Å². The monoisotopic (exact) mass is 436 g/mol. The summed E-state index contributed by atoms with van der Waals surface area (Å²) in [5.74, 6) is 0.838. The Bertz CT molecular complexity index is 865. The lowest BCUT2D eigenvalue weighted by molar-refractivity contribution is -0.155. The molecule has 3 nitrogen and oxygen atoms in total. The molecule has 0 radical (unpaired) electrons. The average molecular weight is 436 g/mol. The maximum atomic E-state index is 13.3. The van der Waals surface area contributed by atoms with Gasteiger partial charge in [0.1, 0.15) is 12.4 Å². The lowest BCUT2D eigenvalue weighted by Crippen LogP contribution is -2.49. The minimum absolute atomic E-state index is 0.152. The minimum Gasteiger partial charge on any atom is -0.492 e. The van der Waals surface area contributed by atoms with Gasteiger partial charge in [0.25, 0.3) is 0 Å². The highest BCUT2D eigenvalue weighted by Gasteiger charge is 2.40. The zero-order valence-corrected chi connectivity index (χ0v) is 17.6. The van der Waals surface area contributed by atoms with Crippen molar-refractivity contribution in [2.24, 2.45) is 5.92 Å². The molecule has 4 rings (SSSR count). The van der Waals surface area contributed by atoms with Crippen molar-refractivity contribution in [1.29, 1.82) is 0 Å². The lowest BCUT2D eigenvalue weighted by atomic mass is 9.85. The van der Waals surface area contributed by atoms with Gasteiger partial charge in [-0.1, -0.05) is 36.4 Å². The highest BCUT2D eigenvalue weighted by atomic mass is 19.4. The Morgan fingerprint density at radius 1 is 1.03 bits per heavy atom. The number of halogens is 4. The third kappa shape index (κ3) is 5.21. The molecule has 0 saturated carbocycles. The minimum atomic E-state index is -4.26. The van der Waals surface area contributed by atoms with Crippen LogP contribution in [0.25, 0.3) is 0 Å². The van der Waals surface area contributed by atoms with Crippen molar-refractivity contribution in [1.82, 2.24) is 9.80 Å². The lowest BCUT2D eigenvalue weighted by Gasteiger charge is -2.42. The molecular weight excluding hydrogens is 408 g/mol. The molecule has 2 aliphatic heterocycles. The van der Waals surface area contributed by atoms with Crippen molar-refractivity contribution in [2.75, 3.05) is 39.5 Å². The second-order valence-electron chi connectivity index (χ2n) is 8.64. The van der Waals surface area contributed by atoms with E-state index >= 15 is 0 Å². The molecule has 31 heavy (non-hydrogen) atoms. The summed E-state index contributed by atoms with van der Waals surface area (Å²) in [5.41, 5.74) is 2.85. The summed E-state index contributed by atoms with van der Waals surface area (Å²) < 4.78 is 58.3. The van der Waals surface area contributed by atoms with E-state index in [9.17, 15) is 17.6 Å². The van der Waals surface area contributed by atoms with E-state index < -0.39 is 18.8 Å². The molecule has 168 valence electrons. The molecule has 2 aromatic carbocycles. The van der Waals surface area contributed by atoms with Crippen LogP contribution in [0.3, 0.4) is 0 Å². The zero-order chi connectivity index (χ0) is 22.0. The first-order chi connectivity index (χ1) is 14.8. The highest BCUT2D eigenvalue weighted by Crippen LogP contribution is 2.39. The summed E-state index contributed by atoms with van der Waals surface area (Å²) in [6.07, 6.45) is -3.66. The van der Waals surface area contributed by atoms with Gasteiger partial charge in [-0.2, -0.15) is 13.2 Å². The smallest absolute Gasteiger partial charge is 0.401 e. The van der Waals surface area contributed by atoms with Crippen LogP contribution >= 0.6 is 0 Å². The molecular formula is C24H28F4N2O. The van der Waals surface area contributed by atoms with Crippen LogP contribution in [0.1, 0.15) is 29.7 Å². The summed E-state index contributed by atoms with van der Waals surface area (Å²) in [6.45, 7) is 3.43. The third-order valence-corrected chi connectivity index (χ3v) is 6.25. The van der Waals surface area contributed by atoms with Crippen LogP contribution < -0.4 is 4.74 Å². The third-order valence-electron chi connectivity index (χ3n) is 6.25. The zero-order valence-electron chi connectivity index (χ0n) is 17.6. The molecule has 1 saturated heterocycles. The predicted octanol–water partition coefficient (Wildman–Crippen LogP) is 4.87. The van der Waals surface area contributed by atoms with Crippen molar-refractivity contribution in [3.8, 4) is 5.75 Å². The number of hydrogen-bond acceptors (Lipinski definition) is 3. The normalized spacial score (nSPS) is 22.7. The second kappa shape index (κ2) is 9.17. The molecule has 0 N–H and O–H groups in total. The van der Waals surface area contributed by atoms with E-state index in [1.54, 1.807) is 4.90 Å². The molecule has 2 atom stereocenters. The van der Waals surface area contributed by atoms with E-state index in [0.717, 1.165) is 36.3 Å². The van der Waals surface area contributed by atoms with E-state index in [1.165, 1.54) is 0 Å². The summed E-state index contributed by atoms with van der Waals surface area (Å²) >= 11 is 0. The van der Waals surface area contributed by atoms with Crippen LogP contribution in [0.5, 0.6) is 5.75 Å². The summed E-state index contributed by atoms with van der Waals surface area (Å²) in [6, 6.07) is 14.5. The Hall–Kier alpha value is -2.12. The maximum absolute atomic E-state index is 13.3. The molecule has 0 unspecified atom stereocenters. The first-order valence-corrected chi connectivity index (χ1v) is 10.8. The molecule has 2 aliphatic rings. The van der Waals surface area contributed by atoms with Gasteiger partial charge in [0.05, 0.1) is 19.3 Å². The summed E-state index contributed by atoms with van der Waals surface area (Å²) in [5, 5.41) is 0. The number of hydrogen-bond donors (Lipinski definition) is 0. The van der Waals surface area contributed by atoms with Gasteiger partial charge in [-0.05, 0) is 42.2 Å². The predicted molar refractivity (Wildman–Crippen MR) is 112 cm³/mol. The number of alkyl halides is 4. The standard InChI is InChI=1S/C24H28F4N2O/c1-17-12-20-4-2-3-5-22(20)23(30(17)16-24(26,27)28)19-6-8-21(9-7-19)31-11-10-29-14-18(13-25)15-29/h2-9,17-18,23H,10-16H2,1H3/t17-,23-/m1/s1. The molecule has 0 aliphatic carbocycles. The molecule has 7 heteroatoms. The number of rotatable bonds is 7. The first kappa shape index (κ1) is 22.1. The molecule has 0 spiro atoms. The Morgan fingerprint density at radius 2 is 1.74 bits per heavy atom. The van der Waals surface area contributed by atoms with Crippen molar-refractivity contribution < 1.29 is 22.3 Å². The van der Waals surface area contributed by atoms with Gasteiger partial charge in [0.15, 0.2) is 0 Å². The summed E-state index contributed by atoms with van der Waals surface area (Å²) in [7, 11) is 0. The van der Waals surface area contributed by atoms with Crippen LogP contribution in [0.2, 0.25) is 0 Å². The van der Waals surface area contributed by atoms with E-state index in [1.807, 2.05) is 55.5 Å². The molecule has 0 bridgehead atoms. The van der Waals surface area contributed by atoms with Gasteiger partial charge < -0.3 is 4.74 Å². The second-order valence-corrected chi connectivity index (χ2v) is 8.64. The van der Waals surface area contributed by atoms with Gasteiger partial charge in [-0.3, -0.25) is 14.2 Å². The van der Waals surface area contributed by atoms with Crippen molar-refractivity contribution >= 4 is 0 Å². The fraction of sp³-hybridized carbons (Fsp3) is 0.500. The van der Waals surface area contributed by atoms with Gasteiger partial charge >= 0.3 is 6.18 Å². The number of nitrogens with zero attached hydrogens (tertiary/aromatic N) is 2. The van der Waals surface area contributed by atoms with Gasteiger partial charge in [0, 0.05) is 31.6 Å². The fourth-order valence-electron chi connectivity index (χ4n) is 4.68. The van der Waals surface area contributed by atoms with Gasteiger partial charge in [-0.15, -0.1) is 0 Å². The summed E-state index contributed by atoms with van der Waals surface area (Å²) in [4.78, 5) is 3.69. The van der Waals surface area contributed by atoms with E-state index in [-0.39, 0.29) is 18.6 Å². The Labute approximate surface area is 180 Å². The van der Waals surface area contributed by atoms with Crippen molar-refractivity contribution in [3.05, 3.63) is 65.2 Å².